The number of hydrogen-bond acceptors (Lipinski definition) is 8. The van der Waals surface area contributed by atoms with Gasteiger partial charge in [-0.1, -0.05) is 19.9 Å². The summed E-state index contributed by atoms with van der Waals surface area (Å²) in [6.07, 6.45) is 10.9. The summed E-state index contributed by atoms with van der Waals surface area (Å²) in [4.78, 5) is 22.8. The normalized spacial score (nSPS) is 12.0. The summed E-state index contributed by atoms with van der Waals surface area (Å²) < 4.78 is 25.7. The van der Waals surface area contributed by atoms with E-state index in [4.69, 9.17) is 14.9 Å². The number of oxazole rings is 1. The van der Waals surface area contributed by atoms with Crippen molar-refractivity contribution in [1.29, 1.82) is 0 Å². The molecule has 0 fully saturated rings. The summed E-state index contributed by atoms with van der Waals surface area (Å²) >= 11 is 0. The molecule has 4 N–H and O–H groups in total. The van der Waals surface area contributed by atoms with Crippen molar-refractivity contribution in [2.24, 2.45) is 5.73 Å². The first kappa shape index (κ1) is 34.7. The number of hydrogen-bond donors (Lipinski definition) is 3. The molecule has 4 aromatic rings. The zero-order chi connectivity index (χ0) is 32.7. The van der Waals surface area contributed by atoms with Crippen LogP contribution in [0.1, 0.15) is 72.1 Å². The van der Waals surface area contributed by atoms with Gasteiger partial charge in [-0.25, -0.2) is 9.37 Å². The lowest BCUT2D eigenvalue weighted by Crippen LogP contribution is -2.27. The first-order chi connectivity index (χ1) is 22.3. The van der Waals surface area contributed by atoms with E-state index >= 15 is 0 Å². The average molecular weight is 632 g/mol. The largest absolute Gasteiger partial charge is 0.493 e. The SMILES string of the molecule is CCCN(CCCCOc1cc(F)cc(CC[C@H](O)CNCc2cncc(CC)c2)c1)Cc1cc(C(N)=O)cc(-c2ncco2)c1. The highest BCUT2D eigenvalue weighted by atomic mass is 19.1. The number of primary amides is 1. The summed E-state index contributed by atoms with van der Waals surface area (Å²) in [6.45, 7) is 8.17. The van der Waals surface area contributed by atoms with Gasteiger partial charge in [0.05, 0.1) is 18.9 Å². The summed E-state index contributed by atoms with van der Waals surface area (Å²) in [5, 5.41) is 13.7. The Kier molecular flexibility index (Phi) is 13.7. The predicted molar refractivity (Wildman–Crippen MR) is 177 cm³/mol. The Balaban J connectivity index is 1.21. The number of benzene rings is 2. The van der Waals surface area contributed by atoms with Crippen molar-refractivity contribution < 1.29 is 23.4 Å². The maximum Gasteiger partial charge on any atom is 0.248 e. The number of rotatable bonds is 20. The van der Waals surface area contributed by atoms with E-state index in [2.05, 4.69) is 40.1 Å². The van der Waals surface area contributed by atoms with Gasteiger partial charge in [0.25, 0.3) is 0 Å². The lowest BCUT2D eigenvalue weighted by atomic mass is 10.0. The summed E-state index contributed by atoms with van der Waals surface area (Å²) in [7, 11) is 0. The molecule has 10 heteroatoms. The van der Waals surface area contributed by atoms with Crippen LogP contribution in [0.5, 0.6) is 5.75 Å². The number of pyridine rings is 1. The lowest BCUT2D eigenvalue weighted by molar-refractivity contribution is 0.1000. The standard InChI is InChI=1S/C36H46FN5O4/c1-3-10-42(25-28-15-30(35(38)44)19-31(16-28)36-41-9-13-46-36)11-5-6-12-45-34-18-27(17-32(37)20-34)7-8-33(43)24-40-23-29-14-26(4-2)21-39-22-29/h9,13-22,33,40,43H,3-8,10-12,23-25H2,1-2H3,(H2,38,44)/t33-/m0/s1. The molecule has 9 nitrogen and oxygen atoms in total. The van der Waals surface area contributed by atoms with Crippen molar-refractivity contribution >= 4 is 5.91 Å². The Morgan fingerprint density at radius 2 is 1.89 bits per heavy atom. The minimum atomic E-state index is -0.548. The van der Waals surface area contributed by atoms with Crippen LogP contribution in [0, 0.1) is 5.82 Å². The molecule has 1 amide bonds. The van der Waals surface area contributed by atoms with Crippen molar-refractivity contribution in [3.05, 3.63) is 101 Å². The molecular weight excluding hydrogens is 585 g/mol. The number of nitrogens with one attached hydrogen (secondary N) is 1. The molecule has 2 aromatic heterocycles. The minimum absolute atomic E-state index is 0.347. The molecule has 0 aliphatic carbocycles. The predicted octanol–water partition coefficient (Wildman–Crippen LogP) is 5.69. The van der Waals surface area contributed by atoms with Crippen LogP contribution in [-0.2, 0) is 25.9 Å². The molecule has 0 radical (unpaired) electrons. The van der Waals surface area contributed by atoms with Crippen LogP contribution in [-0.4, -0.2) is 58.2 Å². The highest BCUT2D eigenvalue weighted by Crippen LogP contribution is 2.23. The molecule has 4 rings (SSSR count). The van der Waals surface area contributed by atoms with Gasteiger partial charge in [0.2, 0.25) is 11.8 Å². The van der Waals surface area contributed by atoms with Crippen LogP contribution in [0.25, 0.3) is 11.5 Å². The van der Waals surface area contributed by atoms with Crippen LogP contribution < -0.4 is 15.8 Å². The van der Waals surface area contributed by atoms with Gasteiger partial charge in [-0.3, -0.25) is 14.7 Å². The topological polar surface area (TPSA) is 127 Å². The fraction of sp³-hybridized carbons (Fsp3) is 0.417. The highest BCUT2D eigenvalue weighted by Gasteiger charge is 2.13. The number of aromatic nitrogens is 2. The number of amides is 1. The number of halogens is 1. The summed E-state index contributed by atoms with van der Waals surface area (Å²) in [5.74, 6) is 0.0997. The molecule has 0 aliphatic heterocycles. The monoisotopic (exact) mass is 631 g/mol. The van der Waals surface area contributed by atoms with E-state index in [1.54, 1.807) is 12.3 Å². The van der Waals surface area contributed by atoms with Crippen molar-refractivity contribution in [2.45, 2.75) is 71.6 Å². The summed E-state index contributed by atoms with van der Waals surface area (Å²) in [6, 6.07) is 12.4. The van der Waals surface area contributed by atoms with Crippen LogP contribution in [0.4, 0.5) is 4.39 Å². The van der Waals surface area contributed by atoms with Crippen LogP contribution in [0.3, 0.4) is 0 Å². The third-order valence-corrected chi connectivity index (χ3v) is 7.71. The molecule has 0 saturated carbocycles. The first-order valence-electron chi connectivity index (χ1n) is 16.1. The van der Waals surface area contributed by atoms with Crippen molar-refractivity contribution in [1.82, 2.24) is 20.2 Å². The van der Waals surface area contributed by atoms with Gasteiger partial charge in [-0.2, -0.15) is 0 Å². The zero-order valence-electron chi connectivity index (χ0n) is 26.9. The van der Waals surface area contributed by atoms with E-state index in [0.717, 1.165) is 55.5 Å². The number of aliphatic hydroxyl groups is 1. The Bertz CT molecular complexity index is 1510. The zero-order valence-corrected chi connectivity index (χ0v) is 26.9. The van der Waals surface area contributed by atoms with E-state index in [-0.39, 0.29) is 5.82 Å². The van der Waals surface area contributed by atoms with Crippen LogP contribution >= 0.6 is 0 Å². The highest BCUT2D eigenvalue weighted by molar-refractivity contribution is 5.94. The van der Waals surface area contributed by atoms with Crippen molar-refractivity contribution in [3.8, 4) is 17.2 Å². The molecule has 2 heterocycles. The molecule has 2 aromatic carbocycles. The number of aliphatic hydroxyl groups excluding tert-OH is 1. The van der Waals surface area contributed by atoms with Crippen molar-refractivity contribution in [2.75, 3.05) is 26.2 Å². The molecule has 0 spiro atoms. The van der Waals surface area contributed by atoms with Gasteiger partial charge in [0.15, 0.2) is 0 Å². The Morgan fingerprint density at radius 3 is 2.65 bits per heavy atom. The van der Waals surface area contributed by atoms with Crippen molar-refractivity contribution in [3.63, 3.8) is 0 Å². The molecule has 0 bridgehead atoms. The van der Waals surface area contributed by atoms with Gasteiger partial charge in [0, 0.05) is 49.2 Å². The Labute approximate surface area is 271 Å². The van der Waals surface area contributed by atoms with Crippen LogP contribution in [0.15, 0.2) is 71.7 Å². The van der Waals surface area contributed by atoms with Gasteiger partial charge in [-0.05, 0) is 104 Å². The maximum atomic E-state index is 14.4. The number of unbranched alkanes of at least 4 members (excludes halogenated alkanes) is 1. The Hall–Kier alpha value is -4.12. The molecule has 0 unspecified atom stereocenters. The number of nitrogens with zero attached hydrogens (tertiary/aromatic N) is 3. The van der Waals surface area contributed by atoms with E-state index in [1.165, 1.54) is 24.0 Å². The number of nitrogens with two attached hydrogens (primary N) is 1. The maximum absolute atomic E-state index is 14.4. The van der Waals surface area contributed by atoms with Gasteiger partial charge < -0.3 is 25.3 Å². The number of aryl methyl sites for hydroxylation is 2. The minimum Gasteiger partial charge on any atom is -0.493 e. The van der Waals surface area contributed by atoms with Gasteiger partial charge >= 0.3 is 0 Å². The van der Waals surface area contributed by atoms with E-state index in [1.807, 2.05) is 30.6 Å². The molecule has 246 valence electrons. The average Bonchev–Trinajstić information content (AvgIpc) is 3.59. The smallest absolute Gasteiger partial charge is 0.248 e. The third-order valence-electron chi connectivity index (χ3n) is 7.71. The fourth-order valence-corrected chi connectivity index (χ4v) is 5.39. The van der Waals surface area contributed by atoms with E-state index < -0.39 is 12.0 Å². The Morgan fingerprint density at radius 1 is 1.04 bits per heavy atom. The molecule has 0 saturated heterocycles. The van der Waals surface area contributed by atoms with Crippen LogP contribution in [0.2, 0.25) is 0 Å². The summed E-state index contributed by atoms with van der Waals surface area (Å²) in [5.41, 5.74) is 10.8. The number of carbonyl (C=O) groups excluding carboxylic acids is 1. The number of carbonyl (C=O) groups is 1. The fourth-order valence-electron chi connectivity index (χ4n) is 5.39. The second-order valence-electron chi connectivity index (χ2n) is 11.6. The first-order valence-corrected chi connectivity index (χ1v) is 16.1. The van der Waals surface area contributed by atoms with E-state index in [9.17, 15) is 14.3 Å². The quantitative estimate of drug-likeness (QED) is 0.106. The molecule has 46 heavy (non-hydrogen) atoms. The van der Waals surface area contributed by atoms with E-state index in [0.29, 0.717) is 61.8 Å². The number of ether oxygens (including phenoxy) is 1. The van der Waals surface area contributed by atoms with Gasteiger partial charge in [-0.15, -0.1) is 0 Å². The molecule has 0 aliphatic rings. The molecule has 1 atom stereocenters. The second kappa shape index (κ2) is 18.1. The third kappa shape index (κ3) is 11.3. The second-order valence-corrected chi connectivity index (χ2v) is 11.6. The molecular formula is C36H46FN5O4. The lowest BCUT2D eigenvalue weighted by Gasteiger charge is -2.22. The van der Waals surface area contributed by atoms with Gasteiger partial charge in [0.1, 0.15) is 17.8 Å².